The van der Waals surface area contributed by atoms with Crippen molar-refractivity contribution in [3.8, 4) is 0 Å². The summed E-state index contributed by atoms with van der Waals surface area (Å²) in [4.78, 5) is 19.1. The molecule has 0 saturated heterocycles. The molecule has 0 saturated carbocycles. The second-order valence-electron chi connectivity index (χ2n) is 2.94. The zero-order valence-electron chi connectivity index (χ0n) is 7.55. The average Bonchev–Trinajstić information content (AvgIpc) is 2.66. The fourth-order valence-corrected chi connectivity index (χ4v) is 2.63. The molecule has 0 unspecified atom stereocenters. The van der Waals surface area contributed by atoms with Gasteiger partial charge in [0.25, 0.3) is 0 Å². The largest absolute Gasteiger partial charge is 0.480 e. The molecule has 15 heavy (non-hydrogen) atoms. The summed E-state index contributed by atoms with van der Waals surface area (Å²) >= 11 is 3.56. The van der Waals surface area contributed by atoms with Gasteiger partial charge >= 0.3 is 5.97 Å². The topological polar surface area (TPSA) is 62.5 Å². The first kappa shape index (κ1) is 10.9. The molecule has 0 spiro atoms. The van der Waals surface area contributed by atoms with Gasteiger partial charge in [-0.3, -0.25) is 4.99 Å². The predicted molar refractivity (Wildman–Crippen MR) is 67.4 cm³/mol. The third-order valence-corrected chi connectivity index (χ3v) is 3.54. The molecule has 78 valence electrons. The van der Waals surface area contributed by atoms with Crippen LogP contribution in [0.4, 0.5) is 0 Å². The highest BCUT2D eigenvalue weighted by atomic mass is 127. The lowest BCUT2D eigenvalue weighted by molar-refractivity contribution is -0.137. The van der Waals surface area contributed by atoms with Crippen LogP contribution in [0.3, 0.4) is 0 Å². The Morgan fingerprint density at radius 1 is 1.60 bits per heavy atom. The van der Waals surface area contributed by atoms with E-state index < -0.39 is 12.0 Å². The fourth-order valence-electron chi connectivity index (χ4n) is 1.17. The summed E-state index contributed by atoms with van der Waals surface area (Å²) in [6.07, 6.45) is 0. The van der Waals surface area contributed by atoms with Crippen molar-refractivity contribution in [3.05, 3.63) is 27.6 Å². The lowest BCUT2D eigenvalue weighted by Gasteiger charge is -1.98. The normalized spacial score (nSPS) is 20.1. The van der Waals surface area contributed by atoms with Gasteiger partial charge < -0.3 is 5.11 Å². The predicted octanol–water partition coefficient (Wildman–Crippen LogP) is 1.63. The molecular weight excluding hydrogens is 327 g/mol. The summed E-state index contributed by atoms with van der Waals surface area (Å²) in [7, 11) is 0. The molecule has 1 atom stereocenters. The Balaban J connectivity index is 2.26. The Labute approximate surface area is 104 Å². The molecular formula is C9H7IN2O2S. The zero-order chi connectivity index (χ0) is 10.8. The van der Waals surface area contributed by atoms with Crippen molar-refractivity contribution in [2.75, 3.05) is 5.75 Å². The van der Waals surface area contributed by atoms with Crippen LogP contribution in [0.1, 0.15) is 5.69 Å². The Hall–Kier alpha value is -0.630. The first-order chi connectivity index (χ1) is 7.16. The van der Waals surface area contributed by atoms with Gasteiger partial charge in [-0.05, 0) is 34.7 Å². The number of thioether (sulfide) groups is 1. The van der Waals surface area contributed by atoms with Crippen LogP contribution in [0.15, 0.2) is 23.2 Å². The number of carboxylic acid groups (broad SMARTS) is 1. The van der Waals surface area contributed by atoms with Gasteiger partial charge in [0.05, 0.1) is 5.69 Å². The van der Waals surface area contributed by atoms with Crippen LogP contribution in [0.2, 0.25) is 0 Å². The number of hydrogen-bond acceptors (Lipinski definition) is 4. The monoisotopic (exact) mass is 334 g/mol. The third kappa shape index (κ3) is 2.49. The van der Waals surface area contributed by atoms with Gasteiger partial charge in [0.1, 0.15) is 8.74 Å². The smallest absolute Gasteiger partial charge is 0.329 e. The van der Waals surface area contributed by atoms with Gasteiger partial charge in [0.2, 0.25) is 0 Å². The zero-order valence-corrected chi connectivity index (χ0v) is 10.5. The molecule has 1 aliphatic heterocycles. The van der Waals surface area contributed by atoms with E-state index in [1.807, 2.05) is 18.2 Å². The van der Waals surface area contributed by atoms with Crippen LogP contribution in [0, 0.1) is 3.70 Å². The molecule has 2 heterocycles. The summed E-state index contributed by atoms with van der Waals surface area (Å²) in [5, 5.41) is 9.51. The van der Waals surface area contributed by atoms with E-state index in [9.17, 15) is 4.79 Å². The number of pyridine rings is 1. The number of nitrogens with zero attached hydrogens (tertiary/aromatic N) is 2. The Morgan fingerprint density at radius 3 is 3.00 bits per heavy atom. The van der Waals surface area contributed by atoms with Gasteiger partial charge in [-0.2, -0.15) is 0 Å². The van der Waals surface area contributed by atoms with E-state index in [4.69, 9.17) is 5.11 Å². The minimum absolute atomic E-state index is 0.498. The van der Waals surface area contributed by atoms with Crippen molar-refractivity contribution < 1.29 is 9.90 Å². The lowest BCUT2D eigenvalue weighted by atomic mass is 10.3. The maximum absolute atomic E-state index is 10.7. The van der Waals surface area contributed by atoms with E-state index in [0.717, 1.165) is 14.4 Å². The molecule has 1 aliphatic rings. The Kier molecular flexibility index (Phi) is 3.25. The Bertz CT molecular complexity index is 436. The number of rotatable bonds is 2. The molecule has 4 nitrogen and oxygen atoms in total. The van der Waals surface area contributed by atoms with Gasteiger partial charge in [-0.15, -0.1) is 11.8 Å². The molecule has 0 aromatic carbocycles. The van der Waals surface area contributed by atoms with Crippen molar-refractivity contribution >= 4 is 45.4 Å². The van der Waals surface area contributed by atoms with E-state index in [1.165, 1.54) is 11.8 Å². The highest BCUT2D eigenvalue weighted by Gasteiger charge is 2.25. The summed E-state index contributed by atoms with van der Waals surface area (Å²) < 4.78 is 0.882. The summed E-state index contributed by atoms with van der Waals surface area (Å²) in [5.41, 5.74) is 0.760. The Morgan fingerprint density at radius 2 is 2.40 bits per heavy atom. The van der Waals surface area contributed by atoms with E-state index >= 15 is 0 Å². The standard InChI is InChI=1S/C9H7IN2O2S/c10-7-3-1-2-5(11-7)8-12-6(4-15-8)9(13)14/h1-3,6H,4H2,(H,13,14)/t6-/m0/s1. The molecule has 1 aromatic heterocycles. The van der Waals surface area contributed by atoms with Crippen molar-refractivity contribution in [3.63, 3.8) is 0 Å². The molecule has 0 aliphatic carbocycles. The van der Waals surface area contributed by atoms with Gasteiger partial charge in [-0.25, -0.2) is 9.78 Å². The van der Waals surface area contributed by atoms with Gasteiger partial charge in [-0.1, -0.05) is 6.07 Å². The average molecular weight is 334 g/mol. The number of carboxylic acids is 1. The van der Waals surface area contributed by atoms with Crippen LogP contribution in [-0.4, -0.2) is 32.9 Å². The van der Waals surface area contributed by atoms with Gasteiger partial charge in [0, 0.05) is 5.75 Å². The number of halogens is 1. The summed E-state index contributed by atoms with van der Waals surface area (Å²) in [5.74, 6) is -0.374. The first-order valence-corrected chi connectivity index (χ1v) is 6.29. The number of hydrogen-bond donors (Lipinski definition) is 1. The molecule has 1 N–H and O–H groups in total. The maximum Gasteiger partial charge on any atom is 0.329 e. The van der Waals surface area contributed by atoms with Crippen LogP contribution in [0.5, 0.6) is 0 Å². The van der Waals surface area contributed by atoms with Crippen molar-refractivity contribution in [2.24, 2.45) is 4.99 Å². The highest BCUT2D eigenvalue weighted by Crippen LogP contribution is 2.22. The van der Waals surface area contributed by atoms with Crippen LogP contribution in [-0.2, 0) is 4.79 Å². The second-order valence-corrected chi connectivity index (χ2v) is 5.06. The number of carbonyl (C=O) groups is 1. The minimum Gasteiger partial charge on any atom is -0.480 e. The first-order valence-electron chi connectivity index (χ1n) is 4.23. The molecule has 0 amide bonds. The molecule has 1 aromatic rings. The molecule has 2 rings (SSSR count). The van der Waals surface area contributed by atoms with Crippen molar-refractivity contribution in [1.29, 1.82) is 0 Å². The van der Waals surface area contributed by atoms with Gasteiger partial charge in [0.15, 0.2) is 6.04 Å². The molecule has 0 radical (unpaired) electrons. The highest BCUT2D eigenvalue weighted by molar-refractivity contribution is 14.1. The number of aliphatic imine (C=N–C) groups is 1. The van der Waals surface area contributed by atoms with E-state index in [0.29, 0.717) is 5.75 Å². The number of aromatic nitrogens is 1. The van der Waals surface area contributed by atoms with Crippen LogP contribution < -0.4 is 0 Å². The molecule has 6 heteroatoms. The minimum atomic E-state index is -0.872. The van der Waals surface area contributed by atoms with E-state index in [1.54, 1.807) is 0 Å². The van der Waals surface area contributed by atoms with Crippen LogP contribution in [0.25, 0.3) is 0 Å². The third-order valence-electron chi connectivity index (χ3n) is 1.87. The van der Waals surface area contributed by atoms with E-state index in [-0.39, 0.29) is 0 Å². The lowest BCUT2D eigenvalue weighted by Crippen LogP contribution is -2.17. The summed E-state index contributed by atoms with van der Waals surface area (Å²) in [6.45, 7) is 0. The number of aliphatic carboxylic acids is 1. The second kappa shape index (κ2) is 4.48. The SMILES string of the molecule is O=C(O)[C@@H]1CSC(c2cccc(I)n2)=N1. The van der Waals surface area contributed by atoms with Crippen molar-refractivity contribution in [1.82, 2.24) is 4.98 Å². The van der Waals surface area contributed by atoms with E-state index in [2.05, 4.69) is 32.6 Å². The van der Waals surface area contributed by atoms with Crippen molar-refractivity contribution in [2.45, 2.75) is 6.04 Å². The summed E-state index contributed by atoms with van der Waals surface area (Å²) in [6, 6.07) is 5.00. The molecule has 0 bridgehead atoms. The quantitative estimate of drug-likeness (QED) is 0.660. The van der Waals surface area contributed by atoms with Crippen LogP contribution >= 0.6 is 34.4 Å². The fraction of sp³-hybridized carbons (Fsp3) is 0.222. The maximum atomic E-state index is 10.7. The molecule has 0 fully saturated rings.